The molecule has 0 unspecified atom stereocenters. The van der Waals surface area contributed by atoms with Crippen LogP contribution in [0.1, 0.15) is 6.92 Å². The largest absolute Gasteiger partial charge is 0.355 e. The lowest BCUT2D eigenvalue weighted by molar-refractivity contribution is 0.846. The molecule has 0 amide bonds. The second-order valence-electron chi connectivity index (χ2n) is 2.73. The molecule has 5 heteroatoms. The van der Waals surface area contributed by atoms with Crippen molar-refractivity contribution in [2.45, 2.75) is 6.92 Å². The van der Waals surface area contributed by atoms with Crippen molar-refractivity contribution in [2.24, 2.45) is 0 Å². The third-order valence-corrected chi connectivity index (χ3v) is 2.78. The molecule has 0 bridgehead atoms. The lowest BCUT2D eigenvalue weighted by atomic mass is 10.4. The molecule has 1 aromatic heterocycles. The molecule has 0 aliphatic heterocycles. The Morgan fingerprint density at radius 3 is 2.79 bits per heavy atom. The summed E-state index contributed by atoms with van der Waals surface area (Å²) in [6.07, 6.45) is 1.64. The van der Waals surface area contributed by atoms with Crippen LogP contribution in [-0.4, -0.2) is 24.0 Å². The Morgan fingerprint density at radius 2 is 2.29 bits per heavy atom. The van der Waals surface area contributed by atoms with Crippen LogP contribution >= 0.6 is 39.1 Å². The van der Waals surface area contributed by atoms with Gasteiger partial charge in [0.15, 0.2) is 0 Å². The van der Waals surface area contributed by atoms with Gasteiger partial charge in [0.2, 0.25) is 0 Å². The van der Waals surface area contributed by atoms with Gasteiger partial charge in [0.05, 0.1) is 9.50 Å². The second-order valence-corrected chi connectivity index (χ2v) is 4.40. The highest BCUT2D eigenvalue weighted by Gasteiger charge is 2.09. The van der Waals surface area contributed by atoms with E-state index >= 15 is 0 Å². The van der Waals surface area contributed by atoms with Crippen molar-refractivity contribution in [3.05, 3.63) is 21.8 Å². The Hall–Kier alpha value is 0.01000. The van der Waals surface area contributed by atoms with Crippen molar-refractivity contribution in [2.75, 3.05) is 23.9 Å². The van der Waals surface area contributed by atoms with E-state index in [2.05, 4.69) is 32.7 Å². The van der Waals surface area contributed by atoms with Gasteiger partial charge in [0, 0.05) is 25.2 Å². The molecule has 0 N–H and O–H groups in total. The molecule has 0 spiro atoms. The summed E-state index contributed by atoms with van der Waals surface area (Å²) in [7, 11) is 0. The van der Waals surface area contributed by atoms with E-state index in [0.29, 0.717) is 10.9 Å². The number of nitrogens with zero attached hydrogens (tertiary/aromatic N) is 2. The van der Waals surface area contributed by atoms with Gasteiger partial charge < -0.3 is 4.90 Å². The number of aromatic nitrogens is 1. The highest BCUT2D eigenvalue weighted by Crippen LogP contribution is 2.26. The maximum Gasteiger partial charge on any atom is 0.142 e. The minimum Gasteiger partial charge on any atom is -0.355 e. The summed E-state index contributed by atoms with van der Waals surface area (Å²) >= 11 is 14.9. The van der Waals surface area contributed by atoms with E-state index in [1.165, 1.54) is 0 Å². The predicted molar refractivity (Wildman–Crippen MR) is 65.6 cm³/mol. The minimum atomic E-state index is 0.588. The topological polar surface area (TPSA) is 16.1 Å². The maximum atomic E-state index is 5.80. The molecule has 1 aromatic rings. The number of anilines is 1. The first kappa shape index (κ1) is 12.1. The van der Waals surface area contributed by atoms with Gasteiger partial charge in [-0.2, -0.15) is 0 Å². The molecule has 78 valence electrons. The zero-order chi connectivity index (χ0) is 10.6. The Balaban J connectivity index is 2.92. The molecule has 1 heterocycles. The number of pyridine rings is 1. The van der Waals surface area contributed by atoms with Crippen molar-refractivity contribution in [1.82, 2.24) is 4.98 Å². The number of hydrogen-bond donors (Lipinski definition) is 0. The van der Waals surface area contributed by atoms with Crippen LogP contribution in [0.4, 0.5) is 5.82 Å². The molecule has 14 heavy (non-hydrogen) atoms. The average Bonchev–Trinajstić information content (AvgIpc) is 2.15. The number of halogens is 3. The van der Waals surface area contributed by atoms with E-state index in [1.807, 2.05) is 6.07 Å². The lowest BCUT2D eigenvalue weighted by Crippen LogP contribution is -2.26. The molecule has 0 saturated carbocycles. The van der Waals surface area contributed by atoms with Crippen LogP contribution in [0, 0.1) is 0 Å². The summed E-state index contributed by atoms with van der Waals surface area (Å²) in [5.41, 5.74) is 0. The van der Waals surface area contributed by atoms with Crippen LogP contribution in [0.25, 0.3) is 0 Å². The molecule has 0 saturated heterocycles. The van der Waals surface area contributed by atoms with Crippen molar-refractivity contribution >= 4 is 44.9 Å². The summed E-state index contributed by atoms with van der Waals surface area (Å²) in [5.74, 6) is 1.47. The highest BCUT2D eigenvalue weighted by molar-refractivity contribution is 9.10. The van der Waals surface area contributed by atoms with Crippen LogP contribution in [0.5, 0.6) is 0 Å². The first-order valence-corrected chi connectivity index (χ1v) is 6.01. The van der Waals surface area contributed by atoms with E-state index in [-0.39, 0.29) is 0 Å². The van der Waals surface area contributed by atoms with Gasteiger partial charge in [-0.1, -0.05) is 11.6 Å². The molecule has 1 rings (SSSR count). The quantitative estimate of drug-likeness (QED) is 0.790. The zero-order valence-electron chi connectivity index (χ0n) is 7.80. The lowest BCUT2D eigenvalue weighted by Gasteiger charge is -2.21. The molecule has 0 aromatic carbocycles. The second kappa shape index (κ2) is 5.79. The van der Waals surface area contributed by atoms with Gasteiger partial charge in [-0.05, 0) is 28.9 Å². The molecule has 2 nitrogen and oxygen atoms in total. The van der Waals surface area contributed by atoms with Crippen LogP contribution in [0.15, 0.2) is 16.7 Å². The van der Waals surface area contributed by atoms with Gasteiger partial charge in [-0.25, -0.2) is 4.98 Å². The van der Waals surface area contributed by atoms with Gasteiger partial charge in [0.1, 0.15) is 5.82 Å². The summed E-state index contributed by atoms with van der Waals surface area (Å²) < 4.78 is 0.900. The van der Waals surface area contributed by atoms with Gasteiger partial charge in [-0.3, -0.25) is 0 Å². The molecule has 0 radical (unpaired) electrons. The van der Waals surface area contributed by atoms with E-state index in [9.17, 15) is 0 Å². The van der Waals surface area contributed by atoms with Gasteiger partial charge >= 0.3 is 0 Å². The SMILES string of the molecule is CCN(CCCl)c1ncc(Cl)cc1Br. The molecule has 0 aliphatic rings. The highest BCUT2D eigenvalue weighted by atomic mass is 79.9. The zero-order valence-corrected chi connectivity index (χ0v) is 10.9. The summed E-state index contributed by atoms with van der Waals surface area (Å²) in [6.45, 7) is 3.72. The van der Waals surface area contributed by atoms with Crippen LogP contribution < -0.4 is 4.90 Å². The standard InChI is InChI=1S/C9H11BrCl2N2/c1-2-14(4-3-11)9-8(10)5-7(12)6-13-9/h5-6H,2-4H2,1H3. The van der Waals surface area contributed by atoms with Crippen LogP contribution in [0.2, 0.25) is 5.02 Å². The van der Waals surface area contributed by atoms with Gasteiger partial charge in [-0.15, -0.1) is 11.6 Å². The Kier molecular flexibility index (Phi) is 4.99. The van der Waals surface area contributed by atoms with E-state index in [1.54, 1.807) is 6.20 Å². The smallest absolute Gasteiger partial charge is 0.142 e. The molecular weight excluding hydrogens is 287 g/mol. The predicted octanol–water partition coefficient (Wildman–Crippen LogP) is 3.56. The fourth-order valence-electron chi connectivity index (χ4n) is 1.16. The molecular formula is C9H11BrCl2N2. The summed E-state index contributed by atoms with van der Waals surface area (Å²) in [4.78, 5) is 6.35. The fraction of sp³-hybridized carbons (Fsp3) is 0.444. The van der Waals surface area contributed by atoms with E-state index < -0.39 is 0 Å². The number of hydrogen-bond acceptors (Lipinski definition) is 2. The maximum absolute atomic E-state index is 5.80. The fourth-order valence-corrected chi connectivity index (χ4v) is 2.25. The average molecular weight is 298 g/mol. The molecule has 0 fully saturated rings. The van der Waals surface area contributed by atoms with Crippen molar-refractivity contribution in [3.63, 3.8) is 0 Å². The van der Waals surface area contributed by atoms with Crippen molar-refractivity contribution in [1.29, 1.82) is 0 Å². The third-order valence-electron chi connectivity index (χ3n) is 1.82. The van der Waals surface area contributed by atoms with Gasteiger partial charge in [0.25, 0.3) is 0 Å². The third kappa shape index (κ3) is 3.01. The van der Waals surface area contributed by atoms with E-state index in [4.69, 9.17) is 23.2 Å². The van der Waals surface area contributed by atoms with Crippen LogP contribution in [-0.2, 0) is 0 Å². The number of alkyl halides is 1. The van der Waals surface area contributed by atoms with E-state index in [0.717, 1.165) is 23.4 Å². The molecule has 0 aliphatic carbocycles. The summed E-state index contributed by atoms with van der Waals surface area (Å²) in [6, 6.07) is 1.83. The first-order chi connectivity index (χ1) is 6.69. The minimum absolute atomic E-state index is 0.588. The normalized spacial score (nSPS) is 10.3. The summed E-state index contributed by atoms with van der Waals surface area (Å²) in [5, 5.41) is 0.627. The van der Waals surface area contributed by atoms with Crippen molar-refractivity contribution in [3.8, 4) is 0 Å². The Bertz CT molecular complexity index is 307. The Morgan fingerprint density at radius 1 is 1.57 bits per heavy atom. The number of rotatable bonds is 4. The monoisotopic (exact) mass is 296 g/mol. The first-order valence-electron chi connectivity index (χ1n) is 4.31. The molecule has 0 atom stereocenters. The van der Waals surface area contributed by atoms with Crippen LogP contribution in [0.3, 0.4) is 0 Å². The Labute approximate surface area is 102 Å². The van der Waals surface area contributed by atoms with Crippen molar-refractivity contribution < 1.29 is 0 Å².